The van der Waals surface area contributed by atoms with Gasteiger partial charge in [-0.3, -0.25) is 9.52 Å². The summed E-state index contributed by atoms with van der Waals surface area (Å²) in [7, 11) is 0. The number of benzene rings is 2. The predicted octanol–water partition coefficient (Wildman–Crippen LogP) is 4.89. The van der Waals surface area contributed by atoms with Crippen LogP contribution < -0.4 is 4.72 Å². The Kier molecular flexibility index (Phi) is 4.75. The molecular weight excluding hydrogens is 312 g/mol. The second-order valence-corrected chi connectivity index (χ2v) is 6.99. The van der Waals surface area contributed by atoms with Crippen molar-refractivity contribution in [2.45, 2.75) is 24.1 Å². The van der Waals surface area contributed by atoms with Gasteiger partial charge in [-0.2, -0.15) is 0 Å². The zero-order valence-corrected chi connectivity index (χ0v) is 13.8. The lowest BCUT2D eigenvalue weighted by Gasteiger charge is -2.00. The summed E-state index contributed by atoms with van der Waals surface area (Å²) >= 11 is 2.90. The van der Waals surface area contributed by atoms with Gasteiger partial charge in [0.1, 0.15) is 0 Å². The molecule has 0 fully saturated rings. The van der Waals surface area contributed by atoms with Crippen LogP contribution in [0.15, 0.2) is 52.9 Å². The van der Waals surface area contributed by atoms with E-state index < -0.39 is 0 Å². The lowest BCUT2D eigenvalue weighted by Crippen LogP contribution is -2.14. The molecule has 0 unspecified atom stereocenters. The van der Waals surface area contributed by atoms with Crippen LogP contribution in [0.1, 0.15) is 19.8 Å². The van der Waals surface area contributed by atoms with Crippen molar-refractivity contribution in [2.75, 3.05) is 0 Å². The van der Waals surface area contributed by atoms with Gasteiger partial charge < -0.3 is 0 Å². The first-order valence-electron chi connectivity index (χ1n) is 7.18. The van der Waals surface area contributed by atoms with E-state index >= 15 is 0 Å². The Balaban J connectivity index is 1.80. The summed E-state index contributed by atoms with van der Waals surface area (Å²) in [6, 6.07) is 16.6. The molecule has 3 rings (SSSR count). The number of aromatic nitrogens is 1. The Hall–Kier alpha value is -1.85. The van der Waals surface area contributed by atoms with Crippen molar-refractivity contribution in [1.82, 2.24) is 9.71 Å². The minimum Gasteiger partial charge on any atom is -0.294 e. The quantitative estimate of drug-likeness (QED) is 0.678. The van der Waals surface area contributed by atoms with Crippen LogP contribution in [0.5, 0.6) is 0 Å². The smallest absolute Gasteiger partial charge is 0.230 e. The van der Waals surface area contributed by atoms with E-state index in [-0.39, 0.29) is 5.91 Å². The van der Waals surface area contributed by atoms with Crippen LogP contribution in [0.4, 0.5) is 0 Å². The summed E-state index contributed by atoms with van der Waals surface area (Å²) in [5.41, 5.74) is 3.31. The number of thiazole rings is 1. The molecule has 2 aromatic carbocycles. The van der Waals surface area contributed by atoms with Crippen LogP contribution in [-0.4, -0.2) is 10.9 Å². The normalized spacial score (nSPS) is 10.8. The number of fused-ring (bicyclic) bond motifs is 1. The molecule has 0 spiro atoms. The fraction of sp³-hybridized carbons (Fsp3) is 0.176. The Morgan fingerprint density at radius 2 is 2.00 bits per heavy atom. The molecule has 0 atom stereocenters. The van der Waals surface area contributed by atoms with Crippen molar-refractivity contribution in [1.29, 1.82) is 0 Å². The molecule has 5 heteroatoms. The molecule has 1 aromatic heterocycles. The second kappa shape index (κ2) is 6.94. The van der Waals surface area contributed by atoms with Crippen LogP contribution in [0.2, 0.25) is 0 Å². The molecule has 0 aliphatic rings. The van der Waals surface area contributed by atoms with Crippen molar-refractivity contribution in [3.63, 3.8) is 0 Å². The summed E-state index contributed by atoms with van der Waals surface area (Å²) in [6.07, 6.45) is 1.41. The predicted molar refractivity (Wildman–Crippen MR) is 94.0 cm³/mol. The van der Waals surface area contributed by atoms with E-state index in [1.165, 1.54) is 17.5 Å². The molecule has 22 heavy (non-hydrogen) atoms. The van der Waals surface area contributed by atoms with E-state index in [1.807, 2.05) is 25.1 Å². The zero-order chi connectivity index (χ0) is 15.4. The van der Waals surface area contributed by atoms with Gasteiger partial charge in [0.05, 0.1) is 10.2 Å². The monoisotopic (exact) mass is 328 g/mol. The van der Waals surface area contributed by atoms with Crippen LogP contribution >= 0.6 is 23.3 Å². The summed E-state index contributed by atoms with van der Waals surface area (Å²) in [5.74, 6) is 0.0525. The number of carbonyl (C=O) groups is 1. The maximum absolute atomic E-state index is 11.5. The van der Waals surface area contributed by atoms with Crippen LogP contribution in [0.3, 0.4) is 0 Å². The van der Waals surface area contributed by atoms with E-state index in [2.05, 4.69) is 40.0 Å². The average molecular weight is 328 g/mol. The van der Waals surface area contributed by atoms with Gasteiger partial charge in [-0.25, -0.2) is 4.98 Å². The average Bonchev–Trinajstić information content (AvgIpc) is 2.96. The molecule has 1 amide bonds. The van der Waals surface area contributed by atoms with Gasteiger partial charge in [0.15, 0.2) is 4.34 Å². The molecule has 1 N–H and O–H groups in total. The molecule has 3 nitrogen and oxygen atoms in total. The van der Waals surface area contributed by atoms with E-state index in [0.717, 1.165) is 26.5 Å². The van der Waals surface area contributed by atoms with E-state index in [0.29, 0.717) is 6.42 Å². The zero-order valence-electron chi connectivity index (χ0n) is 12.2. The number of hydrogen-bond donors (Lipinski definition) is 1. The van der Waals surface area contributed by atoms with Gasteiger partial charge in [0.25, 0.3) is 0 Å². The highest BCUT2D eigenvalue weighted by Gasteiger charge is 2.08. The topological polar surface area (TPSA) is 42.0 Å². The molecular formula is C17H16N2OS2. The molecule has 0 saturated heterocycles. The van der Waals surface area contributed by atoms with Crippen LogP contribution in [0, 0.1) is 0 Å². The van der Waals surface area contributed by atoms with E-state index in [1.54, 1.807) is 11.3 Å². The summed E-state index contributed by atoms with van der Waals surface area (Å²) in [6.45, 7) is 1.99. The highest BCUT2D eigenvalue weighted by atomic mass is 32.2. The lowest BCUT2D eigenvalue weighted by atomic mass is 10.1. The number of carbonyl (C=O) groups excluding carboxylic acids is 1. The van der Waals surface area contributed by atoms with Gasteiger partial charge in [-0.1, -0.05) is 43.3 Å². The van der Waals surface area contributed by atoms with Crippen molar-refractivity contribution < 1.29 is 4.79 Å². The Bertz CT molecular complexity index is 784. The molecule has 0 aliphatic heterocycles. The number of rotatable bonds is 5. The third-order valence-corrected chi connectivity index (χ3v) is 5.13. The van der Waals surface area contributed by atoms with E-state index in [9.17, 15) is 4.79 Å². The molecule has 0 aliphatic carbocycles. The Labute approximate surface area is 137 Å². The second-order valence-electron chi connectivity index (χ2n) is 4.91. The van der Waals surface area contributed by atoms with Gasteiger partial charge in [0.2, 0.25) is 5.91 Å². The Morgan fingerprint density at radius 3 is 2.77 bits per heavy atom. The first-order valence-corrected chi connectivity index (χ1v) is 8.81. The minimum atomic E-state index is 0.0525. The first kappa shape index (κ1) is 15.1. The maximum Gasteiger partial charge on any atom is 0.230 e. The fourth-order valence-electron chi connectivity index (χ4n) is 2.14. The summed E-state index contributed by atoms with van der Waals surface area (Å²) in [4.78, 5) is 16.1. The van der Waals surface area contributed by atoms with E-state index in [4.69, 9.17) is 0 Å². The number of hydrogen-bond acceptors (Lipinski definition) is 4. The number of nitrogens with zero attached hydrogens (tertiary/aromatic N) is 1. The highest BCUT2D eigenvalue weighted by molar-refractivity contribution is 7.99. The molecule has 0 bridgehead atoms. The lowest BCUT2D eigenvalue weighted by molar-refractivity contribution is -0.119. The van der Waals surface area contributed by atoms with Crippen LogP contribution in [0.25, 0.3) is 21.3 Å². The van der Waals surface area contributed by atoms with Crippen LogP contribution in [-0.2, 0) is 4.79 Å². The number of nitrogens with one attached hydrogen (secondary N) is 1. The highest BCUT2D eigenvalue weighted by Crippen LogP contribution is 2.31. The largest absolute Gasteiger partial charge is 0.294 e. The van der Waals surface area contributed by atoms with Crippen molar-refractivity contribution in [3.05, 3.63) is 48.5 Å². The summed E-state index contributed by atoms with van der Waals surface area (Å²) in [5, 5.41) is 0. The standard InChI is InChI=1S/C17H16N2OS2/c1-2-6-16(20)19-22-17-18-14-11-13(9-10-15(14)21-17)12-7-4-3-5-8-12/h3-5,7-11H,2,6H2,1H3,(H,19,20). The first-order chi connectivity index (χ1) is 10.8. The molecule has 0 saturated carbocycles. The van der Waals surface area contributed by atoms with Gasteiger partial charge in [0, 0.05) is 18.4 Å². The van der Waals surface area contributed by atoms with Crippen molar-refractivity contribution in [2.24, 2.45) is 0 Å². The molecule has 1 heterocycles. The third-order valence-electron chi connectivity index (χ3n) is 3.20. The summed E-state index contributed by atoms with van der Waals surface area (Å²) < 4.78 is 4.83. The van der Waals surface area contributed by atoms with Crippen molar-refractivity contribution >= 4 is 39.4 Å². The van der Waals surface area contributed by atoms with Crippen molar-refractivity contribution in [3.8, 4) is 11.1 Å². The Morgan fingerprint density at radius 1 is 1.18 bits per heavy atom. The van der Waals surface area contributed by atoms with Gasteiger partial charge in [-0.05, 0) is 29.7 Å². The minimum absolute atomic E-state index is 0.0525. The third kappa shape index (κ3) is 3.48. The molecule has 0 radical (unpaired) electrons. The molecule has 112 valence electrons. The van der Waals surface area contributed by atoms with Gasteiger partial charge in [-0.15, -0.1) is 11.3 Å². The SMILES string of the molecule is CCCC(=O)NSc1nc2cc(-c3ccccc3)ccc2s1. The number of amides is 1. The maximum atomic E-state index is 11.5. The van der Waals surface area contributed by atoms with Gasteiger partial charge >= 0.3 is 0 Å². The molecule has 3 aromatic rings. The fourth-order valence-corrected chi connectivity index (χ4v) is 3.82.